The Balaban J connectivity index is 3.19. The first-order valence-corrected chi connectivity index (χ1v) is 5.51. The lowest BCUT2D eigenvalue weighted by Gasteiger charge is -2.24. The lowest BCUT2D eigenvalue weighted by molar-refractivity contribution is 0.0468. The smallest absolute Gasteiger partial charge is 0.142 e. The Labute approximate surface area is 98.8 Å². The largest absolute Gasteiger partial charge is 0.385 e. The summed E-state index contributed by atoms with van der Waals surface area (Å²) < 4.78 is 13.2. The van der Waals surface area contributed by atoms with Crippen molar-refractivity contribution in [3.63, 3.8) is 0 Å². The first kappa shape index (κ1) is 12.8. The Bertz CT molecular complexity index is 364. The first-order valence-electron chi connectivity index (χ1n) is 4.76. The van der Waals surface area contributed by atoms with Crippen LogP contribution < -0.4 is 0 Å². The van der Waals surface area contributed by atoms with Gasteiger partial charge in [-0.2, -0.15) is 0 Å². The minimum Gasteiger partial charge on any atom is -0.385 e. The van der Waals surface area contributed by atoms with E-state index in [9.17, 15) is 9.50 Å². The molecular formula is C11H13Cl2FO. The molecule has 1 atom stereocenters. The van der Waals surface area contributed by atoms with Crippen molar-refractivity contribution in [1.82, 2.24) is 0 Å². The highest BCUT2D eigenvalue weighted by Gasteiger charge is 2.25. The minimum absolute atomic E-state index is 0.0314. The lowest BCUT2D eigenvalue weighted by Crippen LogP contribution is -2.21. The molecule has 1 N–H and O–H groups in total. The molecule has 0 spiro atoms. The van der Waals surface area contributed by atoms with E-state index in [1.165, 1.54) is 12.1 Å². The molecule has 0 aliphatic rings. The van der Waals surface area contributed by atoms with Crippen LogP contribution in [0.1, 0.15) is 32.3 Å². The maximum atomic E-state index is 13.2. The van der Waals surface area contributed by atoms with Crippen LogP contribution in [-0.2, 0) is 5.60 Å². The van der Waals surface area contributed by atoms with Gasteiger partial charge >= 0.3 is 0 Å². The van der Waals surface area contributed by atoms with Gasteiger partial charge in [-0.1, -0.05) is 36.5 Å². The van der Waals surface area contributed by atoms with Crippen molar-refractivity contribution in [3.05, 3.63) is 33.6 Å². The summed E-state index contributed by atoms with van der Waals surface area (Å²) in [5.41, 5.74) is -0.731. The van der Waals surface area contributed by atoms with Crippen molar-refractivity contribution in [1.29, 1.82) is 0 Å². The van der Waals surface area contributed by atoms with Crippen LogP contribution in [0.4, 0.5) is 4.39 Å². The Hall–Kier alpha value is -0.310. The SMILES string of the molecule is CCCC(C)(O)c1cc(F)c(Cl)cc1Cl. The molecule has 0 amide bonds. The van der Waals surface area contributed by atoms with Crippen molar-refractivity contribution in [3.8, 4) is 0 Å². The average Bonchev–Trinajstić information content (AvgIpc) is 2.11. The third-order valence-electron chi connectivity index (χ3n) is 2.33. The maximum absolute atomic E-state index is 13.2. The molecule has 4 heteroatoms. The van der Waals surface area contributed by atoms with E-state index in [-0.39, 0.29) is 5.02 Å². The van der Waals surface area contributed by atoms with Crippen LogP contribution in [0, 0.1) is 5.82 Å². The zero-order valence-electron chi connectivity index (χ0n) is 8.65. The van der Waals surface area contributed by atoms with Crippen molar-refractivity contribution in [2.24, 2.45) is 0 Å². The van der Waals surface area contributed by atoms with Gasteiger partial charge in [0, 0.05) is 10.6 Å². The van der Waals surface area contributed by atoms with Gasteiger partial charge in [-0.05, 0) is 25.5 Å². The van der Waals surface area contributed by atoms with E-state index in [1.54, 1.807) is 6.92 Å². The summed E-state index contributed by atoms with van der Waals surface area (Å²) >= 11 is 11.5. The van der Waals surface area contributed by atoms with Gasteiger partial charge in [0.25, 0.3) is 0 Å². The van der Waals surface area contributed by atoms with Gasteiger partial charge in [-0.3, -0.25) is 0 Å². The van der Waals surface area contributed by atoms with Gasteiger partial charge in [-0.15, -0.1) is 0 Å². The zero-order chi connectivity index (χ0) is 11.6. The summed E-state index contributed by atoms with van der Waals surface area (Å²) in [4.78, 5) is 0. The number of hydrogen-bond donors (Lipinski definition) is 1. The second kappa shape index (κ2) is 4.69. The molecule has 0 saturated carbocycles. The Morgan fingerprint density at radius 3 is 2.47 bits per heavy atom. The van der Waals surface area contributed by atoms with Crippen molar-refractivity contribution in [2.75, 3.05) is 0 Å². The summed E-state index contributed by atoms with van der Waals surface area (Å²) in [5, 5.41) is 10.3. The molecule has 0 heterocycles. The molecule has 0 radical (unpaired) electrons. The average molecular weight is 251 g/mol. The van der Waals surface area contributed by atoms with E-state index in [0.717, 1.165) is 6.42 Å². The molecule has 0 aromatic heterocycles. The van der Waals surface area contributed by atoms with E-state index >= 15 is 0 Å². The van der Waals surface area contributed by atoms with Gasteiger partial charge in [0.05, 0.1) is 10.6 Å². The highest BCUT2D eigenvalue weighted by Crippen LogP contribution is 2.34. The molecule has 0 fully saturated rings. The summed E-state index contributed by atoms with van der Waals surface area (Å²) in [6.07, 6.45) is 1.31. The lowest BCUT2D eigenvalue weighted by atomic mass is 9.91. The van der Waals surface area contributed by atoms with Crippen LogP contribution in [0.25, 0.3) is 0 Å². The van der Waals surface area contributed by atoms with E-state index in [1.807, 2.05) is 6.92 Å². The predicted molar refractivity (Wildman–Crippen MR) is 60.9 cm³/mol. The van der Waals surface area contributed by atoms with Crippen LogP contribution in [-0.4, -0.2) is 5.11 Å². The highest BCUT2D eigenvalue weighted by molar-refractivity contribution is 6.35. The third-order valence-corrected chi connectivity index (χ3v) is 2.93. The van der Waals surface area contributed by atoms with Crippen molar-refractivity contribution in [2.45, 2.75) is 32.3 Å². The molecule has 1 unspecified atom stereocenters. The van der Waals surface area contributed by atoms with Crippen LogP contribution in [0.5, 0.6) is 0 Å². The van der Waals surface area contributed by atoms with Crippen molar-refractivity contribution < 1.29 is 9.50 Å². The molecule has 0 aliphatic carbocycles. The van der Waals surface area contributed by atoms with Crippen LogP contribution >= 0.6 is 23.2 Å². The first-order chi connectivity index (χ1) is 6.88. The molecular weight excluding hydrogens is 238 g/mol. The number of halogens is 3. The molecule has 15 heavy (non-hydrogen) atoms. The second-order valence-corrected chi connectivity index (χ2v) is 4.58. The summed E-state index contributed by atoms with van der Waals surface area (Å²) in [7, 11) is 0. The van der Waals surface area contributed by atoms with Gasteiger partial charge in [0.15, 0.2) is 0 Å². The number of rotatable bonds is 3. The summed E-state index contributed by atoms with van der Waals surface area (Å²) in [6, 6.07) is 2.51. The van der Waals surface area contributed by atoms with Crippen LogP contribution in [0.15, 0.2) is 12.1 Å². The zero-order valence-corrected chi connectivity index (χ0v) is 10.2. The molecule has 0 aliphatic heterocycles. The van der Waals surface area contributed by atoms with Crippen LogP contribution in [0.3, 0.4) is 0 Å². The third kappa shape index (κ3) is 2.83. The summed E-state index contributed by atoms with van der Waals surface area (Å²) in [6.45, 7) is 3.56. The fraction of sp³-hybridized carbons (Fsp3) is 0.455. The fourth-order valence-corrected chi connectivity index (χ4v) is 2.14. The quantitative estimate of drug-likeness (QED) is 0.800. The molecule has 1 rings (SSSR count). The summed E-state index contributed by atoms with van der Waals surface area (Å²) in [5.74, 6) is -0.563. The molecule has 1 aromatic rings. The molecule has 84 valence electrons. The molecule has 1 aromatic carbocycles. The number of benzene rings is 1. The Kier molecular flexibility index (Phi) is 3.99. The Morgan fingerprint density at radius 1 is 1.33 bits per heavy atom. The highest BCUT2D eigenvalue weighted by atomic mass is 35.5. The second-order valence-electron chi connectivity index (χ2n) is 3.77. The predicted octanol–water partition coefficient (Wildman–Crippen LogP) is 4.14. The fourth-order valence-electron chi connectivity index (χ4n) is 1.56. The van der Waals surface area contributed by atoms with Gasteiger partial charge in [0.1, 0.15) is 5.82 Å². The Morgan fingerprint density at radius 2 is 1.93 bits per heavy atom. The van der Waals surface area contributed by atoms with E-state index < -0.39 is 11.4 Å². The van der Waals surface area contributed by atoms with Crippen LogP contribution in [0.2, 0.25) is 10.0 Å². The molecule has 0 saturated heterocycles. The minimum atomic E-state index is -1.11. The van der Waals surface area contributed by atoms with Gasteiger partial charge in [0.2, 0.25) is 0 Å². The van der Waals surface area contributed by atoms with E-state index in [2.05, 4.69) is 0 Å². The van der Waals surface area contributed by atoms with Crippen molar-refractivity contribution >= 4 is 23.2 Å². The monoisotopic (exact) mass is 250 g/mol. The number of hydrogen-bond acceptors (Lipinski definition) is 1. The molecule has 1 nitrogen and oxygen atoms in total. The van der Waals surface area contributed by atoms with E-state index in [0.29, 0.717) is 17.0 Å². The number of aliphatic hydroxyl groups is 1. The van der Waals surface area contributed by atoms with Gasteiger partial charge in [-0.25, -0.2) is 4.39 Å². The van der Waals surface area contributed by atoms with Gasteiger partial charge < -0.3 is 5.11 Å². The van der Waals surface area contributed by atoms with E-state index in [4.69, 9.17) is 23.2 Å². The maximum Gasteiger partial charge on any atom is 0.142 e. The standard InChI is InChI=1S/C11H13Cl2FO/c1-3-4-11(2,15)7-5-10(14)9(13)6-8(7)12/h5-6,15H,3-4H2,1-2H3. The topological polar surface area (TPSA) is 20.2 Å². The molecule has 0 bridgehead atoms. The normalized spacial score (nSPS) is 15.1.